The van der Waals surface area contributed by atoms with Crippen molar-refractivity contribution in [3.05, 3.63) is 152 Å². The molecular formula is C39H25N2PSe. The van der Waals surface area contributed by atoms with E-state index in [1.54, 1.807) is 0 Å². The number of para-hydroxylation sites is 1. The molecular weight excluding hydrogens is 606 g/mol. The Morgan fingerprint density at radius 3 is 1.88 bits per heavy atom. The minimum atomic E-state index is -2.13. The molecule has 1 unspecified atom stereocenters. The Kier molecular flexibility index (Phi) is 5.52. The molecule has 9 rings (SSSR count). The third kappa shape index (κ3) is 3.66. The molecule has 4 heteroatoms. The molecule has 0 aliphatic heterocycles. The second-order valence-corrected chi connectivity index (χ2v) is 17.4. The van der Waals surface area contributed by atoms with E-state index in [9.17, 15) is 0 Å². The van der Waals surface area contributed by atoms with Crippen LogP contribution in [-0.2, 0) is 0 Å². The van der Waals surface area contributed by atoms with Gasteiger partial charge in [0.1, 0.15) is 0 Å². The van der Waals surface area contributed by atoms with Crippen LogP contribution in [0.3, 0.4) is 0 Å². The molecule has 2 heterocycles. The number of hydrogen-bond acceptors (Lipinski definition) is 1. The number of rotatable bonds is 3. The van der Waals surface area contributed by atoms with Crippen LogP contribution >= 0.6 is 5.51 Å². The van der Waals surface area contributed by atoms with Gasteiger partial charge in [-0.15, -0.1) is 0 Å². The molecule has 1 atom stereocenters. The molecule has 0 aliphatic carbocycles. The van der Waals surface area contributed by atoms with Gasteiger partial charge < -0.3 is 0 Å². The maximum atomic E-state index is 5.31. The number of aromatic nitrogens is 2. The fraction of sp³-hybridized carbons (Fsp3) is 0. The van der Waals surface area contributed by atoms with Crippen LogP contribution in [0.5, 0.6) is 0 Å². The predicted octanol–water partition coefficient (Wildman–Crippen LogP) is 8.48. The van der Waals surface area contributed by atoms with Crippen LogP contribution in [0.1, 0.15) is 0 Å². The first kappa shape index (κ1) is 25.0. The zero-order valence-electron chi connectivity index (χ0n) is 23.2. The fourth-order valence-corrected chi connectivity index (χ4v) is 11.6. The van der Waals surface area contributed by atoms with Crippen LogP contribution in [0.2, 0.25) is 0 Å². The Morgan fingerprint density at radius 1 is 0.442 bits per heavy atom. The third-order valence-electron chi connectivity index (χ3n) is 8.82. The van der Waals surface area contributed by atoms with Crippen LogP contribution in [0.25, 0.3) is 59.9 Å². The molecule has 0 aliphatic rings. The summed E-state index contributed by atoms with van der Waals surface area (Å²) in [5.74, 6) is 0. The van der Waals surface area contributed by atoms with E-state index >= 15 is 0 Å². The van der Waals surface area contributed by atoms with Gasteiger partial charge in [-0.25, -0.2) is 0 Å². The molecule has 0 N–H and O–H groups in total. The van der Waals surface area contributed by atoms with Crippen molar-refractivity contribution in [1.29, 1.82) is 0 Å². The number of nitrogens with zero attached hydrogens (tertiary/aromatic N) is 2. The van der Waals surface area contributed by atoms with Crippen molar-refractivity contribution >= 4 is 96.4 Å². The second kappa shape index (κ2) is 9.49. The molecule has 0 saturated carbocycles. The zero-order valence-corrected chi connectivity index (χ0v) is 25.8. The summed E-state index contributed by atoms with van der Waals surface area (Å²) in [7, 11) is 0. The summed E-state index contributed by atoms with van der Waals surface area (Å²) in [6, 6.07) is 55.3. The number of imidazole rings is 1. The van der Waals surface area contributed by atoms with E-state index in [1.165, 1.54) is 59.1 Å². The van der Waals surface area contributed by atoms with Gasteiger partial charge in [-0.05, 0) is 0 Å². The molecule has 0 bridgehead atoms. The average Bonchev–Trinajstić information content (AvgIpc) is 3.47. The number of pyridine rings is 1. The van der Waals surface area contributed by atoms with Gasteiger partial charge in [0.05, 0.1) is 0 Å². The van der Waals surface area contributed by atoms with Crippen molar-refractivity contribution < 1.29 is 0 Å². The second-order valence-electron chi connectivity index (χ2n) is 11.1. The molecule has 0 spiro atoms. The molecule has 43 heavy (non-hydrogen) atoms. The van der Waals surface area contributed by atoms with Crippen molar-refractivity contribution in [2.24, 2.45) is 0 Å². The summed E-state index contributed by atoms with van der Waals surface area (Å²) in [5, 5.41) is 12.7. The Bertz CT molecular complexity index is 2600. The summed E-state index contributed by atoms with van der Waals surface area (Å²) < 4.78 is 2.33. The summed E-state index contributed by atoms with van der Waals surface area (Å²) in [6.07, 6.45) is 0. The van der Waals surface area contributed by atoms with Crippen LogP contribution in [-0.4, -0.2) is 24.5 Å². The number of benzene rings is 7. The predicted molar refractivity (Wildman–Crippen MR) is 187 cm³/mol. The van der Waals surface area contributed by atoms with Crippen molar-refractivity contribution in [1.82, 2.24) is 9.38 Å². The Labute approximate surface area is 256 Å². The van der Waals surface area contributed by atoms with Crippen LogP contribution in [0.4, 0.5) is 0 Å². The first-order valence-corrected chi connectivity index (χ1v) is 18.5. The molecule has 7 aromatic carbocycles. The van der Waals surface area contributed by atoms with Crippen LogP contribution < -0.4 is 15.9 Å². The summed E-state index contributed by atoms with van der Waals surface area (Å²) in [4.78, 5) is 5.31. The average molecular weight is 632 g/mol. The molecule has 9 aromatic rings. The van der Waals surface area contributed by atoms with Gasteiger partial charge in [0, 0.05) is 0 Å². The number of hydrogen-bond donors (Lipinski definition) is 0. The quantitative estimate of drug-likeness (QED) is 0.109. The van der Waals surface area contributed by atoms with E-state index in [4.69, 9.17) is 4.98 Å². The van der Waals surface area contributed by atoms with Crippen LogP contribution in [0.15, 0.2) is 152 Å². The summed E-state index contributed by atoms with van der Waals surface area (Å²) >= 11 is 3.79. The van der Waals surface area contributed by atoms with E-state index in [1.807, 2.05) is 0 Å². The van der Waals surface area contributed by atoms with Gasteiger partial charge in [-0.1, -0.05) is 0 Å². The van der Waals surface area contributed by atoms with Crippen molar-refractivity contribution in [3.63, 3.8) is 0 Å². The molecule has 0 fully saturated rings. The van der Waals surface area contributed by atoms with Gasteiger partial charge >= 0.3 is 257 Å². The molecule has 2 nitrogen and oxygen atoms in total. The Morgan fingerprint density at radius 2 is 1.05 bits per heavy atom. The standard InChI is InChI=1S/C39H25N2PSe/c43-42(28-11-2-1-3-12-28,29-21-20-27-19-18-26-10-4-5-13-31(26)35(27)24-29)30-22-23-38-36(25-30)40-39-34-16-7-6-14-32(34)33-15-8-9-17-37(33)41(38)39/h1-25H. The fourth-order valence-electron chi connectivity index (χ4n) is 6.77. The third-order valence-corrected chi connectivity index (χ3v) is 15.8. The van der Waals surface area contributed by atoms with Gasteiger partial charge in [-0.3, -0.25) is 0 Å². The Balaban J connectivity index is 1.35. The van der Waals surface area contributed by atoms with Gasteiger partial charge in [0.15, 0.2) is 0 Å². The summed E-state index contributed by atoms with van der Waals surface area (Å²) in [6.45, 7) is 0. The van der Waals surface area contributed by atoms with E-state index in [-0.39, 0.29) is 0 Å². The van der Waals surface area contributed by atoms with Crippen molar-refractivity contribution in [3.8, 4) is 0 Å². The maximum absolute atomic E-state index is 5.31. The first-order valence-electron chi connectivity index (χ1n) is 14.5. The topological polar surface area (TPSA) is 17.3 Å². The molecule has 2 aromatic heterocycles. The minimum absolute atomic E-state index is 1.00. The van der Waals surface area contributed by atoms with Gasteiger partial charge in [-0.2, -0.15) is 0 Å². The summed E-state index contributed by atoms with van der Waals surface area (Å²) in [5.41, 5.74) is 2.20. The zero-order chi connectivity index (χ0) is 28.5. The van der Waals surface area contributed by atoms with Crippen molar-refractivity contribution in [2.75, 3.05) is 0 Å². The van der Waals surface area contributed by atoms with E-state index in [0.29, 0.717) is 0 Å². The molecule has 0 saturated heterocycles. The van der Waals surface area contributed by atoms with E-state index < -0.39 is 5.51 Å². The molecule has 0 radical (unpaired) electrons. The van der Waals surface area contributed by atoms with Crippen molar-refractivity contribution in [2.45, 2.75) is 0 Å². The van der Waals surface area contributed by atoms with Crippen LogP contribution in [0, 0.1) is 0 Å². The van der Waals surface area contributed by atoms with E-state index in [2.05, 4.69) is 171 Å². The first-order chi connectivity index (χ1) is 21.2. The molecule has 0 amide bonds. The Hall–Kier alpha value is -4.52. The number of fused-ring (bicyclic) bond motifs is 11. The normalized spacial score (nSPS) is 13.4. The van der Waals surface area contributed by atoms with Gasteiger partial charge in [0.2, 0.25) is 0 Å². The van der Waals surface area contributed by atoms with Gasteiger partial charge in [0.25, 0.3) is 0 Å². The SMILES string of the molecule is [Se]=P(c1ccccc1)(c1ccc2c(c1)nc1c3ccccc3c3ccccc3n21)c1ccc2ccc3ccccc3c2c1. The monoisotopic (exact) mass is 632 g/mol. The molecule has 202 valence electrons. The van der Waals surface area contributed by atoms with E-state index in [0.717, 1.165) is 16.7 Å².